The third kappa shape index (κ3) is 4.12. The van der Waals surface area contributed by atoms with Gasteiger partial charge in [0.05, 0.1) is 13.7 Å². The Labute approximate surface area is 89.8 Å². The normalized spacial score (nSPS) is 12.2. The van der Waals surface area contributed by atoms with E-state index in [1.807, 2.05) is 0 Å². The largest absolute Gasteiger partial charge is 0.481 e. The van der Waals surface area contributed by atoms with E-state index in [-0.39, 0.29) is 0 Å². The number of rotatable bonds is 6. The number of hydrogen-bond donors (Lipinski definition) is 1. The minimum absolute atomic E-state index is 0.421. The average molecular weight is 211 g/mol. The monoisotopic (exact) mass is 211 g/mol. The van der Waals surface area contributed by atoms with E-state index in [1.165, 1.54) is 0 Å². The van der Waals surface area contributed by atoms with Crippen LogP contribution in [0.25, 0.3) is 0 Å². The quantitative estimate of drug-likeness (QED) is 0.765. The molecule has 0 spiro atoms. The summed E-state index contributed by atoms with van der Waals surface area (Å²) in [5.41, 5.74) is 0. The van der Waals surface area contributed by atoms with Crippen LogP contribution in [0.15, 0.2) is 12.3 Å². The first-order valence-electron chi connectivity index (χ1n) is 4.86. The fraction of sp³-hybridized carbons (Fsp3) is 0.600. The second-order valence-corrected chi connectivity index (χ2v) is 3.36. The molecule has 0 aliphatic rings. The van der Waals surface area contributed by atoms with Crippen LogP contribution in [0.5, 0.6) is 5.88 Å². The topological polar surface area (TPSA) is 56.3 Å². The third-order valence-electron chi connectivity index (χ3n) is 1.90. The smallest absolute Gasteiger partial charge is 0.225 e. The minimum atomic E-state index is 0.421. The second kappa shape index (κ2) is 6.19. The van der Waals surface area contributed by atoms with Crippen LogP contribution in [-0.4, -0.2) is 37.3 Å². The molecule has 5 nitrogen and oxygen atoms in total. The summed E-state index contributed by atoms with van der Waals surface area (Å²) in [7, 11) is 3.28. The maximum Gasteiger partial charge on any atom is 0.225 e. The lowest BCUT2D eigenvalue weighted by atomic mass is 10.2. The summed E-state index contributed by atoms with van der Waals surface area (Å²) in [5.74, 6) is 1.56. The van der Waals surface area contributed by atoms with Gasteiger partial charge in [-0.1, -0.05) is 6.92 Å². The standard InChI is InChI=1S/C10H17N3O2/c1-8(7-14-2)6-12-10-11-5-4-9(13-10)15-3/h4-5,8H,6-7H2,1-3H3,(H,11,12,13)/t8-/m1/s1. The van der Waals surface area contributed by atoms with Gasteiger partial charge in [0.1, 0.15) is 0 Å². The molecule has 0 unspecified atom stereocenters. The van der Waals surface area contributed by atoms with E-state index >= 15 is 0 Å². The molecule has 15 heavy (non-hydrogen) atoms. The van der Waals surface area contributed by atoms with Crippen LogP contribution in [0.3, 0.4) is 0 Å². The molecule has 0 radical (unpaired) electrons. The summed E-state index contributed by atoms with van der Waals surface area (Å²) in [5, 5.41) is 3.12. The van der Waals surface area contributed by atoms with E-state index in [9.17, 15) is 0 Å². The van der Waals surface area contributed by atoms with Crippen LogP contribution in [0.4, 0.5) is 5.95 Å². The van der Waals surface area contributed by atoms with E-state index in [2.05, 4.69) is 22.2 Å². The number of nitrogens with zero attached hydrogens (tertiary/aromatic N) is 2. The highest BCUT2D eigenvalue weighted by atomic mass is 16.5. The zero-order chi connectivity index (χ0) is 11.1. The highest BCUT2D eigenvalue weighted by Crippen LogP contribution is 2.07. The van der Waals surface area contributed by atoms with Gasteiger partial charge in [0.2, 0.25) is 11.8 Å². The summed E-state index contributed by atoms with van der Waals surface area (Å²) in [4.78, 5) is 8.21. The van der Waals surface area contributed by atoms with Crippen LogP contribution >= 0.6 is 0 Å². The molecule has 0 aliphatic heterocycles. The molecule has 0 fully saturated rings. The molecule has 5 heteroatoms. The molecular formula is C10H17N3O2. The highest BCUT2D eigenvalue weighted by molar-refractivity contribution is 5.27. The third-order valence-corrected chi connectivity index (χ3v) is 1.90. The number of anilines is 1. The number of ether oxygens (including phenoxy) is 2. The highest BCUT2D eigenvalue weighted by Gasteiger charge is 2.03. The van der Waals surface area contributed by atoms with E-state index in [0.717, 1.165) is 13.2 Å². The van der Waals surface area contributed by atoms with Crippen molar-refractivity contribution in [1.29, 1.82) is 0 Å². The Kier molecular flexibility index (Phi) is 4.83. The van der Waals surface area contributed by atoms with Gasteiger partial charge in [-0.05, 0) is 5.92 Å². The molecule has 0 aliphatic carbocycles. The summed E-state index contributed by atoms with van der Waals surface area (Å²) >= 11 is 0. The lowest BCUT2D eigenvalue weighted by Gasteiger charge is -2.11. The molecule has 0 bridgehead atoms. The first-order valence-corrected chi connectivity index (χ1v) is 4.86. The molecule has 1 atom stereocenters. The Bertz CT molecular complexity index is 294. The summed E-state index contributed by atoms with van der Waals surface area (Å²) in [6.07, 6.45) is 1.66. The maximum absolute atomic E-state index is 5.03. The van der Waals surface area contributed by atoms with Gasteiger partial charge in [-0.2, -0.15) is 4.98 Å². The summed E-state index contributed by atoms with van der Waals surface area (Å²) < 4.78 is 10.0. The second-order valence-electron chi connectivity index (χ2n) is 3.36. The first-order chi connectivity index (χ1) is 7.26. The molecule has 1 aromatic rings. The van der Waals surface area contributed by atoms with E-state index < -0.39 is 0 Å². The molecule has 0 saturated carbocycles. The molecule has 0 saturated heterocycles. The van der Waals surface area contributed by atoms with Crippen molar-refractivity contribution in [1.82, 2.24) is 9.97 Å². The van der Waals surface area contributed by atoms with Crippen molar-refractivity contribution < 1.29 is 9.47 Å². The number of nitrogens with one attached hydrogen (secondary N) is 1. The molecule has 0 aromatic carbocycles. The Morgan fingerprint density at radius 3 is 2.93 bits per heavy atom. The van der Waals surface area contributed by atoms with Crippen LogP contribution in [0.2, 0.25) is 0 Å². The fourth-order valence-electron chi connectivity index (χ4n) is 1.15. The van der Waals surface area contributed by atoms with Gasteiger partial charge in [-0.25, -0.2) is 4.98 Å². The van der Waals surface area contributed by atoms with Crippen molar-refractivity contribution in [3.8, 4) is 5.88 Å². The Morgan fingerprint density at radius 2 is 2.27 bits per heavy atom. The van der Waals surface area contributed by atoms with Gasteiger partial charge in [-0.15, -0.1) is 0 Å². The zero-order valence-electron chi connectivity index (χ0n) is 9.36. The van der Waals surface area contributed by atoms with Crippen LogP contribution in [0.1, 0.15) is 6.92 Å². The first kappa shape index (κ1) is 11.7. The van der Waals surface area contributed by atoms with Crippen LogP contribution in [-0.2, 0) is 4.74 Å². The molecule has 1 rings (SSSR count). The van der Waals surface area contributed by atoms with Crippen molar-refractivity contribution in [3.63, 3.8) is 0 Å². The number of hydrogen-bond acceptors (Lipinski definition) is 5. The molecule has 1 N–H and O–H groups in total. The molecule has 0 amide bonds. The molecule has 1 heterocycles. The Hall–Kier alpha value is -1.36. The Morgan fingerprint density at radius 1 is 1.47 bits per heavy atom. The van der Waals surface area contributed by atoms with Gasteiger partial charge >= 0.3 is 0 Å². The van der Waals surface area contributed by atoms with Gasteiger partial charge in [0.15, 0.2) is 0 Å². The molecular weight excluding hydrogens is 194 g/mol. The average Bonchev–Trinajstić information content (AvgIpc) is 2.27. The fourth-order valence-corrected chi connectivity index (χ4v) is 1.15. The predicted octanol–water partition coefficient (Wildman–Crippen LogP) is 1.18. The molecule has 84 valence electrons. The minimum Gasteiger partial charge on any atom is -0.481 e. The summed E-state index contributed by atoms with van der Waals surface area (Å²) in [6.45, 7) is 3.59. The SMILES string of the molecule is COC[C@H](C)CNc1nccc(OC)n1. The van der Waals surface area contributed by atoms with Gasteiger partial charge in [0.25, 0.3) is 0 Å². The van der Waals surface area contributed by atoms with Crippen molar-refractivity contribution in [3.05, 3.63) is 12.3 Å². The van der Waals surface area contributed by atoms with E-state index in [0.29, 0.717) is 17.7 Å². The summed E-state index contributed by atoms with van der Waals surface area (Å²) in [6, 6.07) is 1.71. The van der Waals surface area contributed by atoms with Crippen LogP contribution < -0.4 is 10.1 Å². The van der Waals surface area contributed by atoms with Gasteiger partial charge in [0, 0.05) is 25.9 Å². The van der Waals surface area contributed by atoms with Crippen LogP contribution in [0, 0.1) is 5.92 Å². The lowest BCUT2D eigenvalue weighted by Crippen LogP contribution is -2.17. The van der Waals surface area contributed by atoms with Crippen molar-refractivity contribution in [2.45, 2.75) is 6.92 Å². The van der Waals surface area contributed by atoms with Crippen molar-refractivity contribution >= 4 is 5.95 Å². The van der Waals surface area contributed by atoms with Gasteiger partial charge in [-0.3, -0.25) is 0 Å². The lowest BCUT2D eigenvalue weighted by molar-refractivity contribution is 0.164. The zero-order valence-corrected chi connectivity index (χ0v) is 9.36. The van der Waals surface area contributed by atoms with Gasteiger partial charge < -0.3 is 14.8 Å². The number of methoxy groups -OCH3 is 2. The van der Waals surface area contributed by atoms with E-state index in [1.54, 1.807) is 26.5 Å². The predicted molar refractivity (Wildman–Crippen MR) is 58.1 cm³/mol. The van der Waals surface area contributed by atoms with Crippen molar-refractivity contribution in [2.24, 2.45) is 5.92 Å². The number of aromatic nitrogens is 2. The molecule has 1 aromatic heterocycles. The van der Waals surface area contributed by atoms with Crippen molar-refractivity contribution in [2.75, 3.05) is 32.7 Å². The maximum atomic E-state index is 5.03. The Balaban J connectivity index is 2.43. The van der Waals surface area contributed by atoms with E-state index in [4.69, 9.17) is 9.47 Å².